The average molecular weight is 186 g/mol. The molecule has 0 radical (unpaired) electrons. The Kier molecular flexibility index (Phi) is 1.96. The summed E-state index contributed by atoms with van der Waals surface area (Å²) < 4.78 is 10.9. The van der Waals surface area contributed by atoms with Crippen LogP contribution in [0.25, 0.3) is 0 Å². The predicted octanol–water partition coefficient (Wildman–Crippen LogP) is -0.202. The second-order valence-electron chi connectivity index (χ2n) is 3.93. The molecule has 1 fully saturated rings. The van der Waals surface area contributed by atoms with Crippen LogP contribution in [0.5, 0.6) is 0 Å². The van der Waals surface area contributed by atoms with E-state index >= 15 is 0 Å². The zero-order chi connectivity index (χ0) is 9.64. The molecule has 4 heteroatoms. The second-order valence-corrected chi connectivity index (χ2v) is 3.93. The minimum Gasteiger partial charge on any atom is -0.387 e. The Hall–Kier alpha value is -0.420. The van der Waals surface area contributed by atoms with Crippen molar-refractivity contribution in [2.45, 2.75) is 44.1 Å². The van der Waals surface area contributed by atoms with E-state index in [0.717, 1.165) is 0 Å². The molecule has 13 heavy (non-hydrogen) atoms. The van der Waals surface area contributed by atoms with Crippen molar-refractivity contribution in [3.8, 4) is 0 Å². The molecule has 0 amide bonds. The van der Waals surface area contributed by atoms with Crippen molar-refractivity contribution in [3.63, 3.8) is 0 Å². The van der Waals surface area contributed by atoms with Gasteiger partial charge in [-0.25, -0.2) is 0 Å². The maximum absolute atomic E-state index is 9.57. The summed E-state index contributed by atoms with van der Waals surface area (Å²) in [7, 11) is 0. The fourth-order valence-electron chi connectivity index (χ4n) is 1.76. The zero-order valence-corrected chi connectivity index (χ0v) is 7.68. The lowest BCUT2D eigenvalue weighted by atomic mass is 9.97. The summed E-state index contributed by atoms with van der Waals surface area (Å²) in [6, 6.07) is 0. The summed E-state index contributed by atoms with van der Waals surface area (Å²) in [5, 5.41) is 18.9. The Morgan fingerprint density at radius 2 is 1.85 bits per heavy atom. The van der Waals surface area contributed by atoms with E-state index in [1.165, 1.54) is 6.08 Å². The van der Waals surface area contributed by atoms with Gasteiger partial charge >= 0.3 is 0 Å². The van der Waals surface area contributed by atoms with Gasteiger partial charge < -0.3 is 19.7 Å². The van der Waals surface area contributed by atoms with E-state index in [9.17, 15) is 10.2 Å². The lowest BCUT2D eigenvalue weighted by Crippen LogP contribution is -2.44. The molecule has 0 aromatic heterocycles. The molecule has 0 saturated carbocycles. The average Bonchev–Trinajstić information content (AvgIpc) is 2.34. The van der Waals surface area contributed by atoms with E-state index in [1.807, 2.05) is 0 Å². The first kappa shape index (κ1) is 9.15. The molecule has 4 nitrogen and oxygen atoms in total. The topological polar surface area (TPSA) is 58.9 Å². The maximum atomic E-state index is 9.57. The Labute approximate surface area is 76.8 Å². The number of fused-ring (bicyclic) bond motifs is 1. The Balaban J connectivity index is 2.19. The van der Waals surface area contributed by atoms with Crippen LogP contribution in [0.15, 0.2) is 12.2 Å². The lowest BCUT2D eigenvalue weighted by molar-refractivity contribution is -0.158. The predicted molar refractivity (Wildman–Crippen MR) is 45.0 cm³/mol. The van der Waals surface area contributed by atoms with Gasteiger partial charge in [0.25, 0.3) is 0 Å². The van der Waals surface area contributed by atoms with Crippen molar-refractivity contribution in [1.29, 1.82) is 0 Å². The molecule has 4 atom stereocenters. The van der Waals surface area contributed by atoms with Gasteiger partial charge in [-0.15, -0.1) is 0 Å². The zero-order valence-electron chi connectivity index (χ0n) is 7.68. The van der Waals surface area contributed by atoms with Gasteiger partial charge in [0.1, 0.15) is 24.4 Å². The van der Waals surface area contributed by atoms with E-state index in [-0.39, 0.29) is 6.10 Å². The lowest BCUT2D eigenvalue weighted by Gasteiger charge is -2.27. The molecule has 1 aliphatic heterocycles. The van der Waals surface area contributed by atoms with Gasteiger partial charge in [-0.3, -0.25) is 0 Å². The van der Waals surface area contributed by atoms with Crippen LogP contribution < -0.4 is 0 Å². The summed E-state index contributed by atoms with van der Waals surface area (Å²) in [6.07, 6.45) is 0.840. The van der Waals surface area contributed by atoms with Crippen LogP contribution in [0, 0.1) is 0 Å². The Morgan fingerprint density at radius 1 is 1.15 bits per heavy atom. The number of rotatable bonds is 0. The minimum absolute atomic E-state index is 0.242. The minimum atomic E-state index is -0.892. The second kappa shape index (κ2) is 2.78. The van der Waals surface area contributed by atoms with Crippen LogP contribution in [0.4, 0.5) is 0 Å². The van der Waals surface area contributed by atoms with Crippen molar-refractivity contribution in [1.82, 2.24) is 0 Å². The highest BCUT2D eigenvalue weighted by molar-refractivity contribution is 5.11. The third kappa shape index (κ3) is 1.50. The fraction of sp³-hybridized carbons (Fsp3) is 0.778. The summed E-state index contributed by atoms with van der Waals surface area (Å²) in [4.78, 5) is 0. The Morgan fingerprint density at radius 3 is 2.54 bits per heavy atom. The SMILES string of the molecule is CC1(C)O[C@H]2[C@@H](O)[C@H](O)C=C[C@H]2O1. The fourth-order valence-corrected chi connectivity index (χ4v) is 1.76. The Bertz CT molecular complexity index is 236. The van der Waals surface area contributed by atoms with E-state index in [1.54, 1.807) is 19.9 Å². The first-order valence-corrected chi connectivity index (χ1v) is 4.40. The van der Waals surface area contributed by atoms with Crippen LogP contribution >= 0.6 is 0 Å². The van der Waals surface area contributed by atoms with Crippen LogP contribution in [-0.4, -0.2) is 40.4 Å². The van der Waals surface area contributed by atoms with Crippen LogP contribution in [0.2, 0.25) is 0 Å². The standard InChI is InChI=1S/C9H14O4/c1-9(2)12-6-4-3-5(10)7(11)8(6)13-9/h3-8,10-11H,1-2H3/t5-,6-,7+,8-/m1/s1. The number of hydrogen-bond acceptors (Lipinski definition) is 4. The number of ether oxygens (including phenoxy) is 2. The van der Waals surface area contributed by atoms with E-state index < -0.39 is 24.1 Å². The summed E-state index contributed by atoms with van der Waals surface area (Å²) >= 11 is 0. The quantitative estimate of drug-likeness (QED) is 0.514. The molecular weight excluding hydrogens is 172 g/mol. The van der Waals surface area contributed by atoms with Crippen molar-refractivity contribution < 1.29 is 19.7 Å². The van der Waals surface area contributed by atoms with Crippen LogP contribution in [-0.2, 0) is 9.47 Å². The largest absolute Gasteiger partial charge is 0.387 e. The van der Waals surface area contributed by atoms with Crippen LogP contribution in [0.1, 0.15) is 13.8 Å². The van der Waals surface area contributed by atoms with Gasteiger partial charge in [-0.05, 0) is 13.8 Å². The highest BCUT2D eigenvalue weighted by atomic mass is 16.8. The van der Waals surface area contributed by atoms with Gasteiger partial charge in [-0.1, -0.05) is 12.2 Å². The van der Waals surface area contributed by atoms with E-state index in [0.29, 0.717) is 0 Å². The first-order valence-electron chi connectivity index (χ1n) is 4.40. The summed E-state index contributed by atoms with van der Waals surface area (Å²) in [5.74, 6) is -0.676. The monoisotopic (exact) mass is 186 g/mol. The number of aliphatic hydroxyl groups is 2. The molecule has 2 N–H and O–H groups in total. The molecule has 0 bridgehead atoms. The molecule has 74 valence electrons. The van der Waals surface area contributed by atoms with E-state index in [2.05, 4.69) is 0 Å². The summed E-state index contributed by atoms with van der Waals surface area (Å²) in [6.45, 7) is 3.58. The van der Waals surface area contributed by atoms with Crippen molar-refractivity contribution in [3.05, 3.63) is 12.2 Å². The van der Waals surface area contributed by atoms with Crippen molar-refractivity contribution in [2.75, 3.05) is 0 Å². The molecule has 2 rings (SSSR count). The van der Waals surface area contributed by atoms with Gasteiger partial charge in [-0.2, -0.15) is 0 Å². The molecule has 0 unspecified atom stereocenters. The molecular formula is C9H14O4. The van der Waals surface area contributed by atoms with Crippen molar-refractivity contribution in [2.24, 2.45) is 0 Å². The number of hydrogen-bond donors (Lipinski definition) is 2. The van der Waals surface area contributed by atoms with Gasteiger partial charge in [0.05, 0.1) is 0 Å². The smallest absolute Gasteiger partial charge is 0.164 e. The molecule has 0 aromatic carbocycles. The molecule has 1 heterocycles. The number of aliphatic hydroxyl groups excluding tert-OH is 2. The van der Waals surface area contributed by atoms with E-state index in [4.69, 9.17) is 9.47 Å². The molecule has 0 spiro atoms. The molecule has 2 aliphatic rings. The first-order chi connectivity index (χ1) is 5.99. The molecule has 0 aromatic rings. The summed E-state index contributed by atoms with van der Waals surface area (Å²) in [5.41, 5.74) is 0. The van der Waals surface area contributed by atoms with Crippen molar-refractivity contribution >= 4 is 0 Å². The maximum Gasteiger partial charge on any atom is 0.164 e. The molecule has 1 aliphatic carbocycles. The normalized spacial score (nSPS) is 47.7. The molecule has 1 saturated heterocycles. The van der Waals surface area contributed by atoms with Gasteiger partial charge in [0.15, 0.2) is 5.79 Å². The van der Waals surface area contributed by atoms with Gasteiger partial charge in [0.2, 0.25) is 0 Å². The van der Waals surface area contributed by atoms with Gasteiger partial charge in [0, 0.05) is 0 Å². The van der Waals surface area contributed by atoms with Crippen LogP contribution in [0.3, 0.4) is 0 Å². The highest BCUT2D eigenvalue weighted by Crippen LogP contribution is 2.33. The third-order valence-electron chi connectivity index (χ3n) is 2.35. The highest BCUT2D eigenvalue weighted by Gasteiger charge is 2.47. The third-order valence-corrected chi connectivity index (χ3v) is 2.35.